The number of nitrogens with one attached hydrogen (secondary N) is 1. The van der Waals surface area contributed by atoms with Gasteiger partial charge in [0.2, 0.25) is 0 Å². The van der Waals surface area contributed by atoms with E-state index in [1.807, 2.05) is 36.4 Å². The van der Waals surface area contributed by atoms with E-state index in [0.717, 1.165) is 5.56 Å². The van der Waals surface area contributed by atoms with Crippen LogP contribution >= 0.6 is 15.9 Å². The summed E-state index contributed by atoms with van der Waals surface area (Å²) in [6.45, 7) is 0.361. The van der Waals surface area contributed by atoms with Crippen LogP contribution in [0.4, 0.5) is 5.69 Å². The maximum absolute atomic E-state index is 12.7. The molecule has 0 saturated heterocycles. The lowest BCUT2D eigenvalue weighted by Crippen LogP contribution is -2.13. The zero-order valence-corrected chi connectivity index (χ0v) is 20.1. The molecular formula is C26H21BrN2O5. The fraction of sp³-hybridized carbons (Fsp3) is 0.115. The van der Waals surface area contributed by atoms with E-state index < -0.39 is 11.9 Å². The van der Waals surface area contributed by atoms with Crippen molar-refractivity contribution in [3.05, 3.63) is 93.5 Å². The van der Waals surface area contributed by atoms with Gasteiger partial charge in [-0.3, -0.25) is 4.79 Å². The smallest absolute Gasteiger partial charge is 0.337 e. The maximum Gasteiger partial charge on any atom is 0.337 e. The summed E-state index contributed by atoms with van der Waals surface area (Å²) in [7, 11) is 2.80. The van der Waals surface area contributed by atoms with E-state index >= 15 is 0 Å². The Morgan fingerprint density at radius 1 is 1.03 bits per heavy atom. The minimum absolute atomic E-state index is 0.113. The van der Waals surface area contributed by atoms with E-state index in [4.69, 9.17) is 9.47 Å². The van der Waals surface area contributed by atoms with Crippen molar-refractivity contribution in [2.45, 2.75) is 6.61 Å². The number of methoxy groups -OCH3 is 2. The highest BCUT2D eigenvalue weighted by Gasteiger charge is 2.14. The summed E-state index contributed by atoms with van der Waals surface area (Å²) in [6.07, 6.45) is 1.45. The molecule has 0 atom stereocenters. The van der Waals surface area contributed by atoms with Crippen molar-refractivity contribution < 1.29 is 23.8 Å². The van der Waals surface area contributed by atoms with Crippen LogP contribution in [-0.4, -0.2) is 26.1 Å². The maximum atomic E-state index is 12.7. The topological polar surface area (TPSA) is 97.7 Å². The van der Waals surface area contributed by atoms with Crippen LogP contribution in [0.2, 0.25) is 0 Å². The van der Waals surface area contributed by atoms with Crippen LogP contribution in [0.1, 0.15) is 21.5 Å². The van der Waals surface area contributed by atoms with Crippen LogP contribution in [0.25, 0.3) is 6.08 Å². The molecule has 0 heterocycles. The van der Waals surface area contributed by atoms with Crippen molar-refractivity contribution in [1.82, 2.24) is 0 Å². The second-order valence-electron chi connectivity index (χ2n) is 6.99. The molecule has 0 radical (unpaired) electrons. The number of nitriles is 1. The van der Waals surface area contributed by atoms with Gasteiger partial charge in [0, 0.05) is 10.2 Å². The van der Waals surface area contributed by atoms with E-state index in [1.54, 1.807) is 24.3 Å². The molecule has 0 aromatic heterocycles. The van der Waals surface area contributed by atoms with Crippen molar-refractivity contribution in [2.24, 2.45) is 0 Å². The molecular weight excluding hydrogens is 500 g/mol. The summed E-state index contributed by atoms with van der Waals surface area (Å²) in [4.78, 5) is 24.2. The molecule has 172 valence electrons. The van der Waals surface area contributed by atoms with Crippen LogP contribution in [0.5, 0.6) is 11.5 Å². The first-order chi connectivity index (χ1) is 16.4. The number of nitrogens with zero attached hydrogens (tertiary/aromatic N) is 1. The van der Waals surface area contributed by atoms with Gasteiger partial charge in [0.1, 0.15) is 18.2 Å². The van der Waals surface area contributed by atoms with Crippen LogP contribution in [0, 0.1) is 11.3 Å². The zero-order valence-electron chi connectivity index (χ0n) is 18.5. The van der Waals surface area contributed by atoms with Crippen LogP contribution < -0.4 is 14.8 Å². The van der Waals surface area contributed by atoms with Gasteiger partial charge in [-0.2, -0.15) is 5.26 Å². The molecule has 0 fully saturated rings. The molecule has 0 spiro atoms. The van der Waals surface area contributed by atoms with Crippen LogP contribution in [0.15, 0.2) is 76.8 Å². The van der Waals surface area contributed by atoms with E-state index in [2.05, 4.69) is 26.0 Å². The Labute approximate surface area is 205 Å². The molecule has 1 amide bonds. The molecule has 0 aliphatic carbocycles. The number of benzene rings is 3. The summed E-state index contributed by atoms with van der Waals surface area (Å²) in [6, 6.07) is 21.2. The Hall–Kier alpha value is -4.09. The standard InChI is InChI=1S/C26H21BrN2O5/c1-32-23-13-19(22(27)14-24(23)34-16-17-6-4-3-5-7-17)12-20(15-28)25(30)29-21-10-8-18(9-11-21)26(31)33-2/h3-14H,16H2,1-2H3,(H,29,30)/b20-12+. The summed E-state index contributed by atoms with van der Waals surface area (Å²) >= 11 is 3.47. The monoisotopic (exact) mass is 520 g/mol. The number of esters is 1. The summed E-state index contributed by atoms with van der Waals surface area (Å²) in [5.74, 6) is -0.0976. The Balaban J connectivity index is 1.78. The second-order valence-corrected chi connectivity index (χ2v) is 7.85. The van der Waals surface area contributed by atoms with Crippen molar-refractivity contribution in [3.63, 3.8) is 0 Å². The fourth-order valence-corrected chi connectivity index (χ4v) is 3.42. The van der Waals surface area contributed by atoms with Gasteiger partial charge < -0.3 is 19.5 Å². The van der Waals surface area contributed by atoms with E-state index in [1.165, 1.54) is 32.4 Å². The molecule has 3 aromatic carbocycles. The second kappa shape index (κ2) is 11.7. The number of carbonyl (C=O) groups excluding carboxylic acids is 2. The lowest BCUT2D eigenvalue weighted by Gasteiger charge is -2.13. The highest BCUT2D eigenvalue weighted by atomic mass is 79.9. The Bertz CT molecular complexity index is 1250. The average molecular weight is 521 g/mol. The molecule has 0 saturated carbocycles. The largest absolute Gasteiger partial charge is 0.493 e. The molecule has 0 unspecified atom stereocenters. The normalized spacial score (nSPS) is 10.7. The zero-order chi connectivity index (χ0) is 24.5. The lowest BCUT2D eigenvalue weighted by molar-refractivity contribution is -0.112. The van der Waals surface area contributed by atoms with Gasteiger partial charge in [0.25, 0.3) is 5.91 Å². The van der Waals surface area contributed by atoms with Gasteiger partial charge in [-0.05, 0) is 53.6 Å². The quantitative estimate of drug-likeness (QED) is 0.243. The Kier molecular flexibility index (Phi) is 8.43. The van der Waals surface area contributed by atoms with Crippen molar-refractivity contribution >= 4 is 39.6 Å². The highest BCUT2D eigenvalue weighted by Crippen LogP contribution is 2.35. The Morgan fingerprint density at radius 3 is 2.35 bits per heavy atom. The first kappa shape index (κ1) is 24.6. The first-order valence-corrected chi connectivity index (χ1v) is 10.9. The molecule has 8 heteroatoms. The van der Waals surface area contributed by atoms with Gasteiger partial charge in [-0.1, -0.05) is 46.3 Å². The third-order valence-electron chi connectivity index (χ3n) is 4.75. The molecule has 0 aliphatic rings. The number of anilines is 1. The number of carbonyl (C=O) groups is 2. The molecule has 7 nitrogen and oxygen atoms in total. The SMILES string of the molecule is COC(=O)c1ccc(NC(=O)/C(C#N)=C/c2cc(OC)c(OCc3ccccc3)cc2Br)cc1. The summed E-state index contributed by atoms with van der Waals surface area (Å²) < 4.78 is 16.6. The summed E-state index contributed by atoms with van der Waals surface area (Å²) in [5.41, 5.74) is 2.24. The minimum atomic E-state index is -0.594. The molecule has 3 rings (SSSR count). The molecule has 3 aromatic rings. The van der Waals surface area contributed by atoms with Crippen molar-refractivity contribution in [3.8, 4) is 17.6 Å². The number of rotatable bonds is 8. The molecule has 1 N–H and O–H groups in total. The Morgan fingerprint density at radius 2 is 1.74 bits per heavy atom. The number of ether oxygens (including phenoxy) is 3. The van der Waals surface area contributed by atoms with Crippen LogP contribution in [0.3, 0.4) is 0 Å². The minimum Gasteiger partial charge on any atom is -0.493 e. The van der Waals surface area contributed by atoms with Gasteiger partial charge >= 0.3 is 5.97 Å². The van der Waals surface area contributed by atoms with Crippen LogP contribution in [-0.2, 0) is 16.1 Å². The average Bonchev–Trinajstić information content (AvgIpc) is 2.87. The lowest BCUT2D eigenvalue weighted by atomic mass is 10.1. The first-order valence-electron chi connectivity index (χ1n) is 10.1. The number of hydrogen-bond acceptors (Lipinski definition) is 6. The molecule has 34 heavy (non-hydrogen) atoms. The predicted octanol–water partition coefficient (Wildman–Crippen LogP) is 5.37. The fourth-order valence-electron chi connectivity index (χ4n) is 2.98. The number of amides is 1. The third kappa shape index (κ3) is 6.24. The van der Waals surface area contributed by atoms with Gasteiger partial charge in [-0.25, -0.2) is 4.79 Å². The molecule has 0 aliphatic heterocycles. The van der Waals surface area contributed by atoms with E-state index in [9.17, 15) is 14.9 Å². The van der Waals surface area contributed by atoms with Gasteiger partial charge in [0.15, 0.2) is 11.5 Å². The predicted molar refractivity (Wildman–Crippen MR) is 131 cm³/mol. The van der Waals surface area contributed by atoms with Crippen molar-refractivity contribution in [2.75, 3.05) is 19.5 Å². The van der Waals surface area contributed by atoms with E-state index in [0.29, 0.717) is 39.4 Å². The van der Waals surface area contributed by atoms with E-state index in [-0.39, 0.29) is 5.57 Å². The third-order valence-corrected chi connectivity index (χ3v) is 5.44. The van der Waals surface area contributed by atoms with Gasteiger partial charge in [0.05, 0.1) is 19.8 Å². The highest BCUT2D eigenvalue weighted by molar-refractivity contribution is 9.10. The number of hydrogen-bond donors (Lipinski definition) is 1. The molecule has 0 bridgehead atoms. The van der Waals surface area contributed by atoms with Gasteiger partial charge in [-0.15, -0.1) is 0 Å². The van der Waals surface area contributed by atoms with Crippen molar-refractivity contribution in [1.29, 1.82) is 5.26 Å². The summed E-state index contributed by atoms with van der Waals surface area (Å²) in [5, 5.41) is 12.2. The number of halogens is 1.